The highest BCUT2D eigenvalue weighted by molar-refractivity contribution is 9.10. The van der Waals surface area contributed by atoms with Crippen molar-refractivity contribution in [1.82, 2.24) is 20.2 Å². The van der Waals surface area contributed by atoms with E-state index in [4.69, 9.17) is 0 Å². The van der Waals surface area contributed by atoms with Crippen LogP contribution in [0.25, 0.3) is 6.08 Å². The van der Waals surface area contributed by atoms with E-state index in [0.29, 0.717) is 19.0 Å². The van der Waals surface area contributed by atoms with E-state index in [9.17, 15) is 4.79 Å². The standard InChI is InChI=1S/C17H18BrN5O/c18-15-5-2-1-4-14(15)6-9-21-17(24)23-12-10-22(11-13-23)16-19-7-3-8-20-16/h1-9H,10-13H2,(H,21,24)/b9-6+. The van der Waals surface area contributed by atoms with Gasteiger partial charge in [-0.15, -0.1) is 0 Å². The Morgan fingerprint density at radius 1 is 1.08 bits per heavy atom. The molecule has 24 heavy (non-hydrogen) atoms. The first kappa shape index (κ1) is 16.4. The number of hydrogen-bond acceptors (Lipinski definition) is 4. The van der Waals surface area contributed by atoms with Gasteiger partial charge in [-0.25, -0.2) is 14.8 Å². The number of aromatic nitrogens is 2. The third kappa shape index (κ3) is 4.11. The minimum absolute atomic E-state index is 0.0908. The molecule has 1 fully saturated rings. The van der Waals surface area contributed by atoms with Gasteiger partial charge in [0.25, 0.3) is 0 Å². The summed E-state index contributed by atoms with van der Waals surface area (Å²) >= 11 is 3.48. The molecule has 2 amide bonds. The number of urea groups is 1. The molecule has 0 atom stereocenters. The zero-order valence-electron chi connectivity index (χ0n) is 13.1. The van der Waals surface area contributed by atoms with Crippen molar-refractivity contribution in [1.29, 1.82) is 0 Å². The predicted octanol–water partition coefficient (Wildman–Crippen LogP) is 2.74. The van der Waals surface area contributed by atoms with Crippen molar-refractivity contribution in [2.24, 2.45) is 0 Å². The number of carbonyl (C=O) groups is 1. The lowest BCUT2D eigenvalue weighted by Gasteiger charge is -2.34. The molecule has 0 aliphatic carbocycles. The number of carbonyl (C=O) groups excluding carboxylic acids is 1. The molecule has 0 saturated carbocycles. The number of piperazine rings is 1. The van der Waals surface area contributed by atoms with Gasteiger partial charge in [-0.05, 0) is 23.8 Å². The van der Waals surface area contributed by atoms with Crippen LogP contribution >= 0.6 is 15.9 Å². The third-order valence-electron chi connectivity index (χ3n) is 3.78. The van der Waals surface area contributed by atoms with Crippen molar-refractivity contribution in [2.45, 2.75) is 0 Å². The summed E-state index contributed by atoms with van der Waals surface area (Å²) in [6, 6.07) is 9.56. The fourth-order valence-corrected chi connectivity index (χ4v) is 2.89. The van der Waals surface area contributed by atoms with Crippen LogP contribution in [0.2, 0.25) is 0 Å². The van der Waals surface area contributed by atoms with Gasteiger partial charge in [-0.3, -0.25) is 0 Å². The summed E-state index contributed by atoms with van der Waals surface area (Å²) in [5.41, 5.74) is 1.02. The number of amides is 2. The highest BCUT2D eigenvalue weighted by atomic mass is 79.9. The molecule has 6 nitrogen and oxygen atoms in total. The summed E-state index contributed by atoms with van der Waals surface area (Å²) in [5, 5.41) is 2.82. The molecule has 3 rings (SSSR count). The van der Waals surface area contributed by atoms with Crippen LogP contribution in [0.5, 0.6) is 0 Å². The summed E-state index contributed by atoms with van der Waals surface area (Å²) in [6.45, 7) is 2.75. The molecule has 1 aliphatic heterocycles. The van der Waals surface area contributed by atoms with E-state index in [1.54, 1.807) is 29.6 Å². The monoisotopic (exact) mass is 387 g/mol. The number of hydrogen-bond donors (Lipinski definition) is 1. The van der Waals surface area contributed by atoms with Crippen LogP contribution in [0.15, 0.2) is 53.4 Å². The summed E-state index contributed by atoms with van der Waals surface area (Å²) in [5.74, 6) is 0.714. The fourth-order valence-electron chi connectivity index (χ4n) is 2.47. The van der Waals surface area contributed by atoms with Gasteiger partial charge >= 0.3 is 6.03 Å². The van der Waals surface area contributed by atoms with Crippen LogP contribution in [-0.2, 0) is 0 Å². The summed E-state index contributed by atoms with van der Waals surface area (Å²) in [4.78, 5) is 24.6. The predicted molar refractivity (Wildman–Crippen MR) is 97.5 cm³/mol. The maximum atomic E-state index is 12.2. The van der Waals surface area contributed by atoms with Crippen molar-refractivity contribution in [2.75, 3.05) is 31.1 Å². The van der Waals surface area contributed by atoms with Gasteiger partial charge < -0.3 is 15.1 Å². The minimum atomic E-state index is -0.0908. The number of nitrogens with zero attached hydrogens (tertiary/aromatic N) is 4. The van der Waals surface area contributed by atoms with E-state index in [1.807, 2.05) is 30.3 Å². The molecule has 1 N–H and O–H groups in total. The fraction of sp³-hybridized carbons (Fsp3) is 0.235. The molecule has 0 bridgehead atoms. The topological polar surface area (TPSA) is 61.4 Å². The molecule has 7 heteroatoms. The lowest BCUT2D eigenvalue weighted by Crippen LogP contribution is -2.51. The quantitative estimate of drug-likeness (QED) is 0.879. The Labute approximate surface area is 149 Å². The SMILES string of the molecule is O=C(N/C=C/c1ccccc1Br)N1CCN(c2ncccn2)CC1. The Hall–Kier alpha value is -2.41. The van der Waals surface area contributed by atoms with E-state index in [-0.39, 0.29) is 6.03 Å². The summed E-state index contributed by atoms with van der Waals surface area (Å²) < 4.78 is 0.993. The Bertz CT molecular complexity index is 714. The smallest absolute Gasteiger partial charge is 0.321 e. The molecule has 0 radical (unpaired) electrons. The second-order valence-electron chi connectivity index (χ2n) is 5.33. The van der Waals surface area contributed by atoms with Crippen molar-refractivity contribution in [3.63, 3.8) is 0 Å². The van der Waals surface area contributed by atoms with Gasteiger partial charge in [-0.2, -0.15) is 0 Å². The third-order valence-corrected chi connectivity index (χ3v) is 4.50. The van der Waals surface area contributed by atoms with Crippen LogP contribution in [0.3, 0.4) is 0 Å². The molecule has 1 aromatic carbocycles. The lowest BCUT2D eigenvalue weighted by atomic mass is 10.2. The molecule has 124 valence electrons. The van der Waals surface area contributed by atoms with Crippen LogP contribution < -0.4 is 10.2 Å². The van der Waals surface area contributed by atoms with Crippen LogP contribution in [-0.4, -0.2) is 47.1 Å². The van der Waals surface area contributed by atoms with E-state index < -0.39 is 0 Å². The summed E-state index contributed by atoms with van der Waals surface area (Å²) in [6.07, 6.45) is 7.01. The molecule has 2 heterocycles. The second kappa shape index (κ2) is 7.92. The highest BCUT2D eigenvalue weighted by Gasteiger charge is 2.21. The van der Waals surface area contributed by atoms with Gasteiger partial charge in [0.1, 0.15) is 0 Å². The van der Waals surface area contributed by atoms with Crippen LogP contribution in [0.4, 0.5) is 10.7 Å². The average Bonchev–Trinajstić information content (AvgIpc) is 2.64. The van der Waals surface area contributed by atoms with Gasteiger partial charge in [0, 0.05) is 49.2 Å². The largest absolute Gasteiger partial charge is 0.337 e. The molecular formula is C17H18BrN5O. The maximum Gasteiger partial charge on any atom is 0.321 e. The minimum Gasteiger partial charge on any atom is -0.337 e. The maximum absolute atomic E-state index is 12.2. The van der Waals surface area contributed by atoms with E-state index in [2.05, 4.69) is 36.1 Å². The molecule has 1 aliphatic rings. The van der Waals surface area contributed by atoms with E-state index in [0.717, 1.165) is 23.1 Å². The summed E-state index contributed by atoms with van der Waals surface area (Å²) in [7, 11) is 0. The Kier molecular flexibility index (Phi) is 5.43. The molecule has 1 saturated heterocycles. The van der Waals surface area contributed by atoms with Gasteiger partial charge in [-0.1, -0.05) is 34.1 Å². The molecule has 1 aromatic heterocycles. The second-order valence-corrected chi connectivity index (χ2v) is 6.18. The number of benzene rings is 1. The van der Waals surface area contributed by atoms with Crippen molar-refractivity contribution in [3.8, 4) is 0 Å². The number of rotatable bonds is 3. The van der Waals surface area contributed by atoms with Crippen molar-refractivity contribution >= 4 is 34.0 Å². The Balaban J connectivity index is 1.50. The first-order valence-corrected chi connectivity index (χ1v) is 8.52. The van der Waals surface area contributed by atoms with Crippen LogP contribution in [0, 0.1) is 0 Å². The Morgan fingerprint density at radius 2 is 1.79 bits per heavy atom. The first-order valence-electron chi connectivity index (χ1n) is 7.72. The molecule has 2 aromatic rings. The molecule has 0 unspecified atom stereocenters. The first-order chi connectivity index (χ1) is 11.7. The number of anilines is 1. The van der Waals surface area contributed by atoms with Gasteiger partial charge in [0.05, 0.1) is 0 Å². The zero-order chi connectivity index (χ0) is 16.8. The number of nitrogens with one attached hydrogen (secondary N) is 1. The zero-order valence-corrected chi connectivity index (χ0v) is 14.7. The molecular weight excluding hydrogens is 370 g/mol. The molecule has 0 spiro atoms. The van der Waals surface area contributed by atoms with Gasteiger partial charge in [0.2, 0.25) is 5.95 Å². The Morgan fingerprint density at radius 3 is 2.50 bits per heavy atom. The van der Waals surface area contributed by atoms with E-state index in [1.165, 1.54) is 0 Å². The van der Waals surface area contributed by atoms with E-state index >= 15 is 0 Å². The lowest BCUT2D eigenvalue weighted by molar-refractivity contribution is 0.198. The van der Waals surface area contributed by atoms with Gasteiger partial charge in [0.15, 0.2) is 0 Å². The highest BCUT2D eigenvalue weighted by Crippen LogP contribution is 2.16. The number of halogens is 1. The normalized spacial score (nSPS) is 14.9. The van der Waals surface area contributed by atoms with Crippen molar-refractivity contribution in [3.05, 3.63) is 59.0 Å². The van der Waals surface area contributed by atoms with Crippen LogP contribution in [0.1, 0.15) is 5.56 Å². The average molecular weight is 388 g/mol. The van der Waals surface area contributed by atoms with Crippen molar-refractivity contribution < 1.29 is 4.79 Å².